The molecule has 1 aromatic heterocycles. The average Bonchev–Trinajstić information content (AvgIpc) is 3.22. The minimum Gasteiger partial charge on any atom is -0.200 e. The van der Waals surface area contributed by atoms with Crippen molar-refractivity contribution in [1.82, 2.24) is 15.5 Å². The van der Waals surface area contributed by atoms with E-state index in [2.05, 4.69) is 52.6 Å². The molecule has 2 aromatic rings. The van der Waals surface area contributed by atoms with Gasteiger partial charge in [-0.25, -0.2) is 5.01 Å². The van der Waals surface area contributed by atoms with Crippen molar-refractivity contribution in [3.8, 4) is 0 Å². The molecule has 0 saturated carbocycles. The first-order chi connectivity index (χ1) is 11.8. The first kappa shape index (κ1) is 17.3. The highest BCUT2D eigenvalue weighted by Gasteiger charge is 2.34. The molecular formula is C18H28N5S+. The van der Waals surface area contributed by atoms with Crippen molar-refractivity contribution in [3.05, 3.63) is 30.1 Å². The number of nitrogens with one attached hydrogen (secondary N) is 1. The number of aromatic nitrogens is 4. The molecule has 130 valence electrons. The van der Waals surface area contributed by atoms with Crippen LogP contribution in [0.2, 0.25) is 0 Å². The number of hydrogen-bond donors (Lipinski definition) is 1. The molecule has 1 aliphatic rings. The van der Waals surface area contributed by atoms with E-state index in [0.717, 1.165) is 6.42 Å². The zero-order valence-corrected chi connectivity index (χ0v) is 15.6. The van der Waals surface area contributed by atoms with Crippen LogP contribution in [0.4, 0.5) is 5.69 Å². The highest BCUT2D eigenvalue weighted by Crippen LogP contribution is 2.44. The summed E-state index contributed by atoms with van der Waals surface area (Å²) in [4.78, 5) is 3.28. The molecule has 0 aliphatic carbocycles. The molecule has 0 bridgehead atoms. The minimum atomic E-state index is 0.407. The summed E-state index contributed by atoms with van der Waals surface area (Å²) in [5.41, 5.74) is 2.71. The standard InChI is InChI=1S/C18H27N5S/c1-3-5-7-9-15-11-12-17-16(13-15)23(22-14-19-20-21-22)18(24-17)10-8-6-4-2/h11-14,18H,3-10H2,1-2H3/p+1. The van der Waals surface area contributed by atoms with E-state index in [1.165, 1.54) is 61.1 Å². The van der Waals surface area contributed by atoms with Crippen LogP contribution in [0.1, 0.15) is 64.4 Å². The molecule has 1 atom stereocenters. The van der Waals surface area contributed by atoms with Crippen molar-refractivity contribution < 1.29 is 4.79 Å². The van der Waals surface area contributed by atoms with Crippen LogP contribution >= 0.6 is 11.8 Å². The van der Waals surface area contributed by atoms with E-state index in [4.69, 9.17) is 0 Å². The average molecular weight is 347 g/mol. The fourth-order valence-electron chi connectivity index (χ4n) is 3.21. The maximum Gasteiger partial charge on any atom is 0.312 e. The summed E-state index contributed by atoms with van der Waals surface area (Å²) in [7, 11) is 0. The van der Waals surface area contributed by atoms with Gasteiger partial charge in [0.05, 0.1) is 5.69 Å². The lowest BCUT2D eigenvalue weighted by Gasteiger charge is -2.21. The summed E-state index contributed by atoms with van der Waals surface area (Å²) >= 11 is 1.96. The topological polar surface area (TPSA) is 48.7 Å². The van der Waals surface area contributed by atoms with Gasteiger partial charge < -0.3 is 0 Å². The number of anilines is 1. The number of unbranched alkanes of at least 4 members (excludes halogenated alkanes) is 4. The van der Waals surface area contributed by atoms with Crippen LogP contribution in [0.15, 0.2) is 29.4 Å². The van der Waals surface area contributed by atoms with E-state index in [1.807, 2.05) is 16.6 Å². The summed E-state index contributed by atoms with van der Waals surface area (Å²) in [5.74, 6) is 0. The molecule has 0 spiro atoms. The van der Waals surface area contributed by atoms with Crippen molar-refractivity contribution in [2.45, 2.75) is 75.5 Å². The molecule has 1 N–H and O–H groups in total. The molecule has 24 heavy (non-hydrogen) atoms. The van der Waals surface area contributed by atoms with Gasteiger partial charge in [-0.05, 0) is 42.2 Å². The van der Waals surface area contributed by atoms with E-state index < -0.39 is 0 Å². The maximum absolute atomic E-state index is 3.96. The Morgan fingerprint density at radius 2 is 2.00 bits per heavy atom. The van der Waals surface area contributed by atoms with Gasteiger partial charge in [0.2, 0.25) is 0 Å². The smallest absolute Gasteiger partial charge is 0.200 e. The number of aryl methyl sites for hydroxylation is 1. The lowest BCUT2D eigenvalue weighted by atomic mass is 10.1. The fourth-order valence-corrected chi connectivity index (χ4v) is 4.52. The van der Waals surface area contributed by atoms with Gasteiger partial charge in [0.15, 0.2) is 5.21 Å². The van der Waals surface area contributed by atoms with Gasteiger partial charge in [-0.3, -0.25) is 0 Å². The van der Waals surface area contributed by atoms with Gasteiger partial charge >= 0.3 is 6.33 Å². The largest absolute Gasteiger partial charge is 0.312 e. The van der Waals surface area contributed by atoms with Crippen LogP contribution in [0, 0.1) is 0 Å². The van der Waals surface area contributed by atoms with Gasteiger partial charge in [0.1, 0.15) is 10.5 Å². The SMILES string of the molecule is CCCCCc1ccc2c(c1)N([n+]1cnn[nH]1)C(CCCCC)S2. The zero-order valence-electron chi connectivity index (χ0n) is 14.7. The lowest BCUT2D eigenvalue weighted by Crippen LogP contribution is -2.58. The van der Waals surface area contributed by atoms with Gasteiger partial charge in [-0.1, -0.05) is 68.6 Å². The first-order valence-electron chi connectivity index (χ1n) is 9.20. The number of tetrazole rings is 1. The summed E-state index contributed by atoms with van der Waals surface area (Å²) in [5, 5.41) is 13.6. The third-order valence-corrected chi connectivity index (χ3v) is 5.83. The predicted octanol–water partition coefficient (Wildman–Crippen LogP) is 4.11. The summed E-state index contributed by atoms with van der Waals surface area (Å²) in [6.45, 7) is 4.51. The molecule has 0 radical (unpaired) electrons. The molecule has 1 unspecified atom stereocenters. The molecule has 0 amide bonds. The molecule has 0 fully saturated rings. The number of fused-ring (bicyclic) bond motifs is 1. The molecule has 2 heterocycles. The van der Waals surface area contributed by atoms with Crippen molar-refractivity contribution in [1.29, 1.82) is 0 Å². The highest BCUT2D eigenvalue weighted by molar-refractivity contribution is 8.00. The summed E-state index contributed by atoms with van der Waals surface area (Å²) in [6.07, 6.45) is 11.7. The van der Waals surface area contributed by atoms with Crippen LogP contribution < -0.4 is 9.80 Å². The number of rotatable bonds is 9. The molecule has 3 rings (SSSR count). The van der Waals surface area contributed by atoms with Gasteiger partial charge in [-0.2, -0.15) is 0 Å². The third kappa shape index (κ3) is 3.91. The molecule has 1 aromatic carbocycles. The number of nitrogens with zero attached hydrogens (tertiary/aromatic N) is 4. The Hall–Kier alpha value is -1.56. The van der Waals surface area contributed by atoms with Crippen LogP contribution in [0.3, 0.4) is 0 Å². The highest BCUT2D eigenvalue weighted by atomic mass is 32.2. The van der Waals surface area contributed by atoms with Gasteiger partial charge in [-0.15, -0.1) is 0 Å². The second-order valence-corrected chi connectivity index (χ2v) is 7.67. The van der Waals surface area contributed by atoms with Crippen LogP contribution in [-0.4, -0.2) is 20.9 Å². The maximum atomic E-state index is 3.96. The number of thioether (sulfide) groups is 1. The molecule has 1 aliphatic heterocycles. The van der Waals surface area contributed by atoms with E-state index in [9.17, 15) is 0 Å². The van der Waals surface area contributed by atoms with Crippen LogP contribution in [0.5, 0.6) is 0 Å². The summed E-state index contributed by atoms with van der Waals surface area (Å²) < 4.78 is 0. The number of aromatic amines is 1. The quantitative estimate of drug-likeness (QED) is 0.548. The summed E-state index contributed by atoms with van der Waals surface area (Å²) in [6, 6.07) is 6.94. The van der Waals surface area contributed by atoms with Crippen molar-refractivity contribution in [2.24, 2.45) is 0 Å². The van der Waals surface area contributed by atoms with Crippen LogP contribution in [-0.2, 0) is 6.42 Å². The van der Waals surface area contributed by atoms with Gasteiger partial charge in [0.25, 0.3) is 0 Å². The Balaban J connectivity index is 1.80. The number of benzene rings is 1. The van der Waals surface area contributed by atoms with E-state index >= 15 is 0 Å². The van der Waals surface area contributed by atoms with Gasteiger partial charge in [0, 0.05) is 4.90 Å². The number of H-pyrrole nitrogens is 1. The first-order valence-corrected chi connectivity index (χ1v) is 10.1. The molecule has 6 heteroatoms. The Morgan fingerprint density at radius 3 is 2.75 bits per heavy atom. The van der Waals surface area contributed by atoms with E-state index in [-0.39, 0.29) is 0 Å². The second kappa shape index (κ2) is 8.51. The monoisotopic (exact) mass is 346 g/mol. The van der Waals surface area contributed by atoms with E-state index in [1.54, 1.807) is 6.33 Å². The Morgan fingerprint density at radius 1 is 1.17 bits per heavy atom. The van der Waals surface area contributed by atoms with Crippen molar-refractivity contribution in [3.63, 3.8) is 0 Å². The molecule has 0 saturated heterocycles. The Labute approximate surface area is 148 Å². The normalized spacial score (nSPS) is 16.6. The van der Waals surface area contributed by atoms with Crippen molar-refractivity contribution >= 4 is 17.4 Å². The molecular weight excluding hydrogens is 318 g/mol. The minimum absolute atomic E-state index is 0.407. The number of hydrogen-bond acceptors (Lipinski definition) is 4. The predicted molar refractivity (Wildman–Crippen MR) is 97.9 cm³/mol. The zero-order chi connectivity index (χ0) is 16.8. The molecule has 5 nitrogen and oxygen atoms in total. The Bertz CT molecular complexity index is 628. The van der Waals surface area contributed by atoms with E-state index in [0.29, 0.717) is 5.37 Å². The fraction of sp³-hybridized carbons (Fsp3) is 0.611. The second-order valence-electron chi connectivity index (χ2n) is 6.45. The third-order valence-electron chi connectivity index (χ3n) is 4.53. The van der Waals surface area contributed by atoms with Crippen molar-refractivity contribution in [2.75, 3.05) is 5.01 Å². The lowest BCUT2D eigenvalue weighted by molar-refractivity contribution is -0.743. The Kier molecular flexibility index (Phi) is 6.12. The van der Waals surface area contributed by atoms with Crippen LogP contribution in [0.25, 0.3) is 0 Å².